The maximum atomic E-state index is 3.45. The molecule has 0 aromatic carbocycles. The molecule has 0 bridgehead atoms. The van der Waals surface area contributed by atoms with E-state index in [1.165, 1.54) is 44.9 Å². The summed E-state index contributed by atoms with van der Waals surface area (Å²) in [5.74, 6) is 0. The Morgan fingerprint density at radius 1 is 0.667 bits per heavy atom. The molecule has 0 aliphatic heterocycles. The molecule has 0 radical (unpaired) electrons. The Morgan fingerprint density at radius 3 is 1.78 bits per heavy atom. The zero-order valence-corrected chi connectivity index (χ0v) is 13.5. The van der Waals surface area contributed by atoms with Crippen LogP contribution in [0.25, 0.3) is 0 Å². The van der Waals surface area contributed by atoms with E-state index in [9.17, 15) is 0 Å². The number of rotatable bonds is 12. The van der Waals surface area contributed by atoms with Crippen LogP contribution in [0.2, 0.25) is 0 Å². The largest absolute Gasteiger partial charge is 0.0928 e. The van der Waals surface area contributed by atoms with Crippen molar-refractivity contribution in [1.82, 2.24) is 0 Å². The molecule has 104 valence electrons. The Hall–Kier alpha value is -0.300. The SMILES string of the molecule is CCCC/C=C\C/C=C\C/C=C\CCCCCBr. The van der Waals surface area contributed by atoms with Crippen molar-refractivity contribution in [3.63, 3.8) is 0 Å². The summed E-state index contributed by atoms with van der Waals surface area (Å²) < 4.78 is 0. The van der Waals surface area contributed by atoms with Crippen molar-refractivity contribution in [3.05, 3.63) is 36.5 Å². The Bertz CT molecular complexity index is 226. The van der Waals surface area contributed by atoms with Gasteiger partial charge in [-0.1, -0.05) is 78.6 Å². The van der Waals surface area contributed by atoms with Crippen LogP contribution in [0, 0.1) is 0 Å². The average molecular weight is 313 g/mol. The highest BCUT2D eigenvalue weighted by Gasteiger charge is 1.84. The summed E-state index contributed by atoms with van der Waals surface area (Å²) in [4.78, 5) is 0. The molecular formula is C17H29Br. The van der Waals surface area contributed by atoms with Crippen LogP contribution in [0.3, 0.4) is 0 Å². The molecule has 0 aromatic rings. The minimum Gasteiger partial charge on any atom is -0.0928 e. The number of allylic oxidation sites excluding steroid dienone is 6. The second-order valence-corrected chi connectivity index (χ2v) is 5.36. The van der Waals surface area contributed by atoms with Gasteiger partial charge in [-0.25, -0.2) is 0 Å². The van der Waals surface area contributed by atoms with E-state index in [0.29, 0.717) is 0 Å². The van der Waals surface area contributed by atoms with Crippen LogP contribution < -0.4 is 0 Å². The third-order valence-corrected chi connectivity index (χ3v) is 3.33. The van der Waals surface area contributed by atoms with Crippen LogP contribution in [-0.4, -0.2) is 5.33 Å². The van der Waals surface area contributed by atoms with E-state index in [1.54, 1.807) is 0 Å². The first-order valence-corrected chi connectivity index (χ1v) is 8.55. The Kier molecular flexibility index (Phi) is 16.4. The highest BCUT2D eigenvalue weighted by molar-refractivity contribution is 9.09. The van der Waals surface area contributed by atoms with Gasteiger partial charge in [0.15, 0.2) is 0 Å². The van der Waals surface area contributed by atoms with Crippen molar-refractivity contribution in [2.45, 2.75) is 64.7 Å². The van der Waals surface area contributed by atoms with Gasteiger partial charge in [0.25, 0.3) is 0 Å². The van der Waals surface area contributed by atoms with Crippen LogP contribution in [0.15, 0.2) is 36.5 Å². The lowest BCUT2D eigenvalue weighted by Crippen LogP contribution is -1.75. The van der Waals surface area contributed by atoms with E-state index < -0.39 is 0 Å². The fraction of sp³-hybridized carbons (Fsp3) is 0.647. The van der Waals surface area contributed by atoms with Crippen molar-refractivity contribution < 1.29 is 0 Å². The molecule has 0 aromatic heterocycles. The zero-order chi connectivity index (χ0) is 13.3. The highest BCUT2D eigenvalue weighted by atomic mass is 79.9. The van der Waals surface area contributed by atoms with E-state index in [-0.39, 0.29) is 0 Å². The summed E-state index contributed by atoms with van der Waals surface area (Å²) in [6.07, 6.45) is 24.9. The topological polar surface area (TPSA) is 0 Å². The number of alkyl halides is 1. The smallest absolute Gasteiger partial charge is 0.00313 e. The minimum atomic E-state index is 1.08. The van der Waals surface area contributed by atoms with E-state index in [1.807, 2.05) is 0 Å². The molecule has 1 heteroatoms. The lowest BCUT2D eigenvalue weighted by Gasteiger charge is -1.92. The summed E-state index contributed by atoms with van der Waals surface area (Å²) in [6.45, 7) is 2.24. The predicted molar refractivity (Wildman–Crippen MR) is 88.4 cm³/mol. The lowest BCUT2D eigenvalue weighted by molar-refractivity contribution is 0.736. The van der Waals surface area contributed by atoms with Gasteiger partial charge in [-0.3, -0.25) is 0 Å². The van der Waals surface area contributed by atoms with Crippen LogP contribution in [0.4, 0.5) is 0 Å². The predicted octanol–water partition coefficient (Wildman–Crippen LogP) is 6.58. The summed E-state index contributed by atoms with van der Waals surface area (Å²) in [6, 6.07) is 0. The molecule has 0 unspecified atom stereocenters. The number of unbranched alkanes of at least 4 members (excludes halogenated alkanes) is 5. The van der Waals surface area contributed by atoms with Crippen molar-refractivity contribution in [2.24, 2.45) is 0 Å². The second kappa shape index (κ2) is 16.7. The molecule has 0 atom stereocenters. The molecule has 18 heavy (non-hydrogen) atoms. The maximum absolute atomic E-state index is 3.45. The summed E-state index contributed by atoms with van der Waals surface area (Å²) in [5.41, 5.74) is 0. The van der Waals surface area contributed by atoms with Crippen LogP contribution in [0.5, 0.6) is 0 Å². The van der Waals surface area contributed by atoms with Gasteiger partial charge in [0.1, 0.15) is 0 Å². The molecule has 0 spiro atoms. The maximum Gasteiger partial charge on any atom is 0.00313 e. The third-order valence-electron chi connectivity index (χ3n) is 2.77. The number of halogens is 1. The van der Waals surface area contributed by atoms with Gasteiger partial charge in [-0.15, -0.1) is 0 Å². The molecule has 0 rings (SSSR count). The van der Waals surface area contributed by atoms with Crippen molar-refractivity contribution in [1.29, 1.82) is 0 Å². The second-order valence-electron chi connectivity index (χ2n) is 4.57. The van der Waals surface area contributed by atoms with E-state index in [4.69, 9.17) is 0 Å². The quantitative estimate of drug-likeness (QED) is 0.217. The number of hydrogen-bond acceptors (Lipinski definition) is 0. The van der Waals surface area contributed by atoms with Gasteiger partial charge in [0.05, 0.1) is 0 Å². The first-order chi connectivity index (χ1) is 8.91. The standard InChI is InChI=1S/C17H29Br/c1-2-3-4-5-6-7-8-9-10-11-12-13-14-15-16-17-18/h5-6,8-9,11-12H,2-4,7,10,13-17H2,1H3/b6-5-,9-8-,12-11-. The summed E-state index contributed by atoms with van der Waals surface area (Å²) in [7, 11) is 0. The van der Waals surface area contributed by atoms with Crippen LogP contribution in [-0.2, 0) is 0 Å². The van der Waals surface area contributed by atoms with Gasteiger partial charge in [-0.05, 0) is 38.5 Å². The lowest BCUT2D eigenvalue weighted by atomic mass is 10.2. The van der Waals surface area contributed by atoms with Crippen molar-refractivity contribution in [2.75, 3.05) is 5.33 Å². The van der Waals surface area contributed by atoms with E-state index >= 15 is 0 Å². The molecule has 0 saturated carbocycles. The Balaban J connectivity index is 3.26. The van der Waals surface area contributed by atoms with Crippen molar-refractivity contribution >= 4 is 15.9 Å². The van der Waals surface area contributed by atoms with Crippen LogP contribution in [0.1, 0.15) is 64.7 Å². The third kappa shape index (κ3) is 15.7. The minimum absolute atomic E-state index is 1.08. The fourth-order valence-corrected chi connectivity index (χ4v) is 2.03. The zero-order valence-electron chi connectivity index (χ0n) is 11.9. The molecule has 0 saturated heterocycles. The monoisotopic (exact) mass is 312 g/mol. The first-order valence-electron chi connectivity index (χ1n) is 7.42. The van der Waals surface area contributed by atoms with E-state index in [0.717, 1.165) is 18.2 Å². The molecule has 0 fully saturated rings. The summed E-state index contributed by atoms with van der Waals surface area (Å²) in [5, 5.41) is 1.14. The van der Waals surface area contributed by atoms with Gasteiger partial charge in [-0.2, -0.15) is 0 Å². The average Bonchev–Trinajstić information content (AvgIpc) is 2.39. The van der Waals surface area contributed by atoms with Gasteiger partial charge >= 0.3 is 0 Å². The highest BCUT2D eigenvalue weighted by Crippen LogP contribution is 2.03. The van der Waals surface area contributed by atoms with Gasteiger partial charge in [0, 0.05) is 5.33 Å². The Morgan fingerprint density at radius 2 is 1.22 bits per heavy atom. The molecule has 0 nitrogen and oxygen atoms in total. The molecule has 0 heterocycles. The summed E-state index contributed by atoms with van der Waals surface area (Å²) >= 11 is 3.45. The molecule has 0 aliphatic rings. The molecule has 0 aliphatic carbocycles. The Labute approximate surface area is 122 Å². The molecule has 0 N–H and O–H groups in total. The van der Waals surface area contributed by atoms with Gasteiger partial charge in [0.2, 0.25) is 0 Å². The van der Waals surface area contributed by atoms with Crippen molar-refractivity contribution in [3.8, 4) is 0 Å². The number of hydrogen-bond donors (Lipinski definition) is 0. The molecular weight excluding hydrogens is 284 g/mol. The van der Waals surface area contributed by atoms with E-state index in [2.05, 4.69) is 59.3 Å². The van der Waals surface area contributed by atoms with Crippen LogP contribution >= 0.6 is 15.9 Å². The molecule has 0 amide bonds. The normalized spacial score (nSPS) is 12.3. The van der Waals surface area contributed by atoms with Gasteiger partial charge < -0.3 is 0 Å². The fourth-order valence-electron chi connectivity index (χ4n) is 1.63. The first kappa shape index (κ1) is 17.7.